The molecular weight excluding hydrogens is 307 g/mol. The summed E-state index contributed by atoms with van der Waals surface area (Å²) in [5.41, 5.74) is 2.52. The number of aryl methyl sites for hydroxylation is 1. The minimum Gasteiger partial charge on any atom is -0.484 e. The molecule has 0 fully saturated rings. The van der Waals surface area contributed by atoms with E-state index >= 15 is 0 Å². The Morgan fingerprint density at radius 2 is 1.92 bits per heavy atom. The van der Waals surface area contributed by atoms with E-state index in [-0.39, 0.29) is 18.1 Å². The fraction of sp³-hybridized carbons (Fsp3) is 0.263. The minimum atomic E-state index is -0.394. The van der Waals surface area contributed by atoms with Gasteiger partial charge < -0.3 is 9.15 Å². The minimum absolute atomic E-state index is 0.143. The van der Waals surface area contributed by atoms with Gasteiger partial charge in [0.2, 0.25) is 0 Å². The van der Waals surface area contributed by atoms with Gasteiger partial charge in [-0.05, 0) is 42.2 Å². The predicted octanol–water partition coefficient (Wildman–Crippen LogP) is 4.89. The normalized spacial score (nSPS) is 11.0. The summed E-state index contributed by atoms with van der Waals surface area (Å²) in [6.45, 7) is 6.38. The van der Waals surface area contributed by atoms with Gasteiger partial charge in [0.1, 0.15) is 11.6 Å². The van der Waals surface area contributed by atoms with E-state index in [9.17, 15) is 4.39 Å². The van der Waals surface area contributed by atoms with Gasteiger partial charge in [-0.1, -0.05) is 38.1 Å². The molecule has 0 aliphatic rings. The van der Waals surface area contributed by atoms with Crippen molar-refractivity contribution in [2.75, 3.05) is 0 Å². The van der Waals surface area contributed by atoms with Crippen molar-refractivity contribution in [3.8, 4) is 17.2 Å². The zero-order chi connectivity index (χ0) is 17.1. The first-order valence-electron chi connectivity index (χ1n) is 7.85. The van der Waals surface area contributed by atoms with Crippen molar-refractivity contribution in [1.29, 1.82) is 0 Å². The Morgan fingerprint density at radius 3 is 2.67 bits per heavy atom. The van der Waals surface area contributed by atoms with E-state index in [2.05, 4.69) is 36.2 Å². The molecule has 0 amide bonds. The molecule has 1 aromatic heterocycles. The maximum atomic E-state index is 13.8. The van der Waals surface area contributed by atoms with Gasteiger partial charge in [-0.15, -0.1) is 10.2 Å². The number of nitrogens with zero attached hydrogens (tertiary/aromatic N) is 2. The van der Waals surface area contributed by atoms with Crippen LogP contribution in [0, 0.1) is 12.7 Å². The topological polar surface area (TPSA) is 48.2 Å². The highest BCUT2D eigenvalue weighted by Gasteiger charge is 2.14. The van der Waals surface area contributed by atoms with E-state index in [1.807, 2.05) is 13.0 Å². The molecule has 0 radical (unpaired) electrons. The Hall–Kier alpha value is -2.69. The predicted molar refractivity (Wildman–Crippen MR) is 89.3 cm³/mol. The lowest BCUT2D eigenvalue weighted by atomic mass is 10.0. The fourth-order valence-electron chi connectivity index (χ4n) is 2.44. The van der Waals surface area contributed by atoms with Crippen LogP contribution in [0.3, 0.4) is 0 Å². The maximum Gasteiger partial charge on any atom is 0.254 e. The summed E-state index contributed by atoms with van der Waals surface area (Å²) in [5.74, 6) is 1.21. The highest BCUT2D eigenvalue weighted by Crippen LogP contribution is 2.28. The van der Waals surface area contributed by atoms with Gasteiger partial charge in [0.15, 0.2) is 6.61 Å². The third-order valence-electron chi connectivity index (χ3n) is 3.71. The zero-order valence-electron chi connectivity index (χ0n) is 13.9. The van der Waals surface area contributed by atoms with Crippen molar-refractivity contribution in [2.45, 2.75) is 33.3 Å². The van der Waals surface area contributed by atoms with Gasteiger partial charge in [0.25, 0.3) is 11.8 Å². The van der Waals surface area contributed by atoms with E-state index in [4.69, 9.17) is 9.15 Å². The molecule has 0 atom stereocenters. The smallest absolute Gasteiger partial charge is 0.254 e. The summed E-state index contributed by atoms with van der Waals surface area (Å²) in [4.78, 5) is 0. The Morgan fingerprint density at radius 1 is 1.12 bits per heavy atom. The summed E-state index contributed by atoms with van der Waals surface area (Å²) in [6, 6.07) is 12.4. The van der Waals surface area contributed by atoms with Crippen LogP contribution in [-0.4, -0.2) is 10.2 Å². The van der Waals surface area contributed by atoms with E-state index in [0.717, 1.165) is 16.9 Å². The zero-order valence-corrected chi connectivity index (χ0v) is 13.9. The summed E-state index contributed by atoms with van der Waals surface area (Å²) in [7, 11) is 0. The van der Waals surface area contributed by atoms with E-state index in [0.29, 0.717) is 11.8 Å². The third kappa shape index (κ3) is 3.45. The van der Waals surface area contributed by atoms with Crippen LogP contribution in [0.5, 0.6) is 5.75 Å². The Balaban J connectivity index is 1.77. The maximum absolute atomic E-state index is 13.8. The highest BCUT2D eigenvalue weighted by atomic mass is 19.1. The highest BCUT2D eigenvalue weighted by molar-refractivity contribution is 5.53. The molecule has 0 aliphatic carbocycles. The largest absolute Gasteiger partial charge is 0.484 e. The van der Waals surface area contributed by atoms with E-state index in [1.165, 1.54) is 6.07 Å². The van der Waals surface area contributed by atoms with Crippen LogP contribution in [0.1, 0.15) is 36.8 Å². The molecule has 124 valence electrons. The molecule has 0 saturated carbocycles. The molecule has 0 aliphatic heterocycles. The van der Waals surface area contributed by atoms with Crippen molar-refractivity contribution in [1.82, 2.24) is 10.2 Å². The van der Waals surface area contributed by atoms with E-state index in [1.54, 1.807) is 18.2 Å². The number of ether oxygens (including phenoxy) is 1. The summed E-state index contributed by atoms with van der Waals surface area (Å²) >= 11 is 0. The first kappa shape index (κ1) is 16.2. The fourth-order valence-corrected chi connectivity index (χ4v) is 2.44. The van der Waals surface area contributed by atoms with Gasteiger partial charge in [0.05, 0.1) is 5.56 Å². The monoisotopic (exact) mass is 326 g/mol. The first-order chi connectivity index (χ1) is 11.5. The molecule has 0 bridgehead atoms. The standard InChI is InChI=1S/C19H19FN2O2/c1-12(2)14-9-8-13(3)10-17(14)23-11-18-21-22-19(24-18)15-6-4-5-7-16(15)20/h4-10,12H,11H2,1-3H3. The average molecular weight is 326 g/mol. The van der Waals surface area contributed by atoms with Crippen molar-refractivity contribution < 1.29 is 13.5 Å². The third-order valence-corrected chi connectivity index (χ3v) is 3.71. The van der Waals surface area contributed by atoms with Gasteiger partial charge in [-0.2, -0.15) is 0 Å². The molecule has 0 unspecified atom stereocenters. The van der Waals surface area contributed by atoms with Crippen LogP contribution in [0.25, 0.3) is 11.5 Å². The molecular formula is C19H19FN2O2. The van der Waals surface area contributed by atoms with Gasteiger partial charge in [-0.25, -0.2) is 4.39 Å². The molecule has 3 aromatic rings. The Labute approximate surface area is 140 Å². The second-order valence-electron chi connectivity index (χ2n) is 5.97. The molecule has 2 aromatic carbocycles. The summed E-state index contributed by atoms with van der Waals surface area (Å²) in [5, 5.41) is 7.84. The second-order valence-corrected chi connectivity index (χ2v) is 5.97. The van der Waals surface area contributed by atoms with E-state index < -0.39 is 5.82 Å². The van der Waals surface area contributed by atoms with Crippen LogP contribution >= 0.6 is 0 Å². The summed E-state index contributed by atoms with van der Waals surface area (Å²) < 4.78 is 25.1. The van der Waals surface area contributed by atoms with Crippen LogP contribution < -0.4 is 4.74 Å². The van der Waals surface area contributed by atoms with Crippen LogP contribution in [-0.2, 0) is 6.61 Å². The lowest BCUT2D eigenvalue weighted by Crippen LogP contribution is -2.00. The first-order valence-corrected chi connectivity index (χ1v) is 7.85. The number of halogens is 1. The summed E-state index contributed by atoms with van der Waals surface area (Å²) in [6.07, 6.45) is 0. The van der Waals surface area contributed by atoms with Crippen molar-refractivity contribution in [3.05, 3.63) is 65.3 Å². The van der Waals surface area contributed by atoms with Crippen molar-refractivity contribution in [2.24, 2.45) is 0 Å². The molecule has 3 rings (SSSR count). The molecule has 1 heterocycles. The molecule has 24 heavy (non-hydrogen) atoms. The van der Waals surface area contributed by atoms with Gasteiger partial charge in [0, 0.05) is 0 Å². The number of benzene rings is 2. The average Bonchev–Trinajstić information content (AvgIpc) is 3.02. The van der Waals surface area contributed by atoms with Crippen molar-refractivity contribution in [3.63, 3.8) is 0 Å². The molecule has 0 spiro atoms. The lowest BCUT2D eigenvalue weighted by Gasteiger charge is -2.13. The number of aromatic nitrogens is 2. The Kier molecular flexibility index (Phi) is 4.60. The van der Waals surface area contributed by atoms with Crippen LogP contribution in [0.4, 0.5) is 4.39 Å². The SMILES string of the molecule is Cc1ccc(C(C)C)c(OCc2nnc(-c3ccccc3F)o2)c1. The molecule has 4 nitrogen and oxygen atoms in total. The lowest BCUT2D eigenvalue weighted by molar-refractivity contribution is 0.261. The van der Waals surface area contributed by atoms with Gasteiger partial charge in [-0.3, -0.25) is 0 Å². The molecule has 0 N–H and O–H groups in total. The number of hydrogen-bond donors (Lipinski definition) is 0. The number of hydrogen-bond acceptors (Lipinski definition) is 4. The van der Waals surface area contributed by atoms with Crippen LogP contribution in [0.15, 0.2) is 46.9 Å². The second kappa shape index (κ2) is 6.83. The molecule has 5 heteroatoms. The Bertz CT molecular complexity index is 843. The number of rotatable bonds is 5. The van der Waals surface area contributed by atoms with Crippen LogP contribution in [0.2, 0.25) is 0 Å². The quantitative estimate of drug-likeness (QED) is 0.670. The van der Waals surface area contributed by atoms with Gasteiger partial charge >= 0.3 is 0 Å². The molecule has 0 saturated heterocycles. The van der Waals surface area contributed by atoms with Crippen molar-refractivity contribution >= 4 is 0 Å².